The predicted octanol–water partition coefficient (Wildman–Crippen LogP) is 4.35. The number of hydrogen-bond acceptors (Lipinski definition) is 2. The third kappa shape index (κ3) is 2.51. The van der Waals surface area contributed by atoms with Gasteiger partial charge in [-0.15, -0.1) is 0 Å². The van der Waals surface area contributed by atoms with E-state index in [1.165, 1.54) is 0 Å². The van der Waals surface area contributed by atoms with Gasteiger partial charge in [0.05, 0.1) is 11.2 Å². The molecule has 0 amide bonds. The number of para-hydroxylation sites is 1. The number of nitrogens with two attached hydrogens (primary N) is 1. The van der Waals surface area contributed by atoms with E-state index in [0.717, 1.165) is 22.2 Å². The number of fused-ring (bicyclic) bond motifs is 1. The molecule has 3 heteroatoms. The van der Waals surface area contributed by atoms with E-state index in [0.29, 0.717) is 10.7 Å². The Morgan fingerprint density at radius 3 is 2.55 bits per heavy atom. The second-order valence-corrected chi connectivity index (χ2v) is 4.92. The number of pyridine rings is 1. The van der Waals surface area contributed by atoms with Gasteiger partial charge in [-0.25, -0.2) is 4.98 Å². The van der Waals surface area contributed by atoms with Crippen LogP contribution in [-0.2, 0) is 0 Å². The maximum atomic E-state index is 6.14. The van der Waals surface area contributed by atoms with Crippen LogP contribution in [0.5, 0.6) is 0 Å². The van der Waals surface area contributed by atoms with Crippen LogP contribution in [0.25, 0.3) is 22.7 Å². The minimum atomic E-state index is 0.610. The van der Waals surface area contributed by atoms with E-state index >= 15 is 0 Å². The highest BCUT2D eigenvalue weighted by molar-refractivity contribution is 6.32. The van der Waals surface area contributed by atoms with Crippen LogP contribution >= 0.6 is 11.6 Å². The molecule has 20 heavy (non-hydrogen) atoms. The van der Waals surface area contributed by atoms with E-state index in [9.17, 15) is 0 Å². The first kappa shape index (κ1) is 12.7. The molecule has 0 spiro atoms. The molecule has 0 saturated heterocycles. The van der Waals surface area contributed by atoms with Gasteiger partial charge in [0.1, 0.15) is 0 Å². The predicted molar refractivity (Wildman–Crippen MR) is 85.3 cm³/mol. The molecular formula is C17H13ClN2. The molecule has 98 valence electrons. The van der Waals surface area contributed by atoms with Gasteiger partial charge < -0.3 is 5.73 Å². The first-order valence-electron chi connectivity index (χ1n) is 6.32. The summed E-state index contributed by atoms with van der Waals surface area (Å²) < 4.78 is 0. The lowest BCUT2D eigenvalue weighted by molar-refractivity contribution is 1.37. The van der Waals surface area contributed by atoms with Crippen molar-refractivity contribution < 1.29 is 0 Å². The van der Waals surface area contributed by atoms with E-state index < -0.39 is 0 Å². The van der Waals surface area contributed by atoms with Gasteiger partial charge in [0, 0.05) is 21.7 Å². The van der Waals surface area contributed by atoms with Gasteiger partial charge in [0.25, 0.3) is 0 Å². The molecule has 0 bridgehead atoms. The Morgan fingerprint density at radius 2 is 1.70 bits per heavy atom. The van der Waals surface area contributed by atoms with E-state index in [1.54, 1.807) is 0 Å². The zero-order valence-electron chi connectivity index (χ0n) is 10.8. The van der Waals surface area contributed by atoms with Crippen molar-refractivity contribution in [2.45, 2.75) is 0 Å². The number of benzene rings is 2. The summed E-state index contributed by atoms with van der Waals surface area (Å²) in [6.45, 7) is 0. The van der Waals surface area contributed by atoms with Crippen molar-refractivity contribution in [2.75, 3.05) is 0 Å². The van der Waals surface area contributed by atoms with Crippen molar-refractivity contribution >= 4 is 34.3 Å². The first-order chi connectivity index (χ1) is 9.74. The second kappa shape index (κ2) is 5.35. The van der Waals surface area contributed by atoms with Crippen LogP contribution in [0, 0.1) is 0 Å². The summed E-state index contributed by atoms with van der Waals surface area (Å²) in [6, 6.07) is 19.5. The molecule has 0 aliphatic rings. The molecule has 0 aliphatic carbocycles. The van der Waals surface area contributed by atoms with E-state index in [2.05, 4.69) is 4.98 Å². The minimum absolute atomic E-state index is 0.610. The molecule has 2 nitrogen and oxygen atoms in total. The summed E-state index contributed by atoms with van der Waals surface area (Å²) in [5.74, 6) is 0. The summed E-state index contributed by atoms with van der Waals surface area (Å²) in [6.07, 6.45) is 1.84. The number of hydrogen-bond donors (Lipinski definition) is 1. The summed E-state index contributed by atoms with van der Waals surface area (Å²) >= 11 is 6.14. The number of nitrogens with zero attached hydrogens (tertiary/aromatic N) is 1. The fraction of sp³-hybridized carbons (Fsp3) is 0. The smallest absolute Gasteiger partial charge is 0.0709 e. The standard InChI is InChI=1S/C17H13ClN2/c18-15-7-3-2-6-14(15)16(19)11-13-10-9-12-5-1-4-8-17(12)20-13/h1-11H,19H2. The van der Waals surface area contributed by atoms with Crippen molar-refractivity contribution in [1.29, 1.82) is 0 Å². The summed E-state index contributed by atoms with van der Waals surface area (Å²) in [7, 11) is 0. The van der Waals surface area contributed by atoms with Gasteiger partial charge in [-0.3, -0.25) is 0 Å². The quantitative estimate of drug-likeness (QED) is 0.758. The molecule has 0 saturated carbocycles. The molecule has 0 radical (unpaired) electrons. The van der Waals surface area contributed by atoms with Gasteiger partial charge in [-0.1, -0.05) is 54.1 Å². The third-order valence-corrected chi connectivity index (χ3v) is 3.44. The zero-order chi connectivity index (χ0) is 13.9. The summed E-state index contributed by atoms with van der Waals surface area (Å²) in [5, 5.41) is 1.75. The Bertz CT molecular complexity index is 794. The Morgan fingerprint density at radius 1 is 0.950 bits per heavy atom. The first-order valence-corrected chi connectivity index (χ1v) is 6.70. The van der Waals surface area contributed by atoms with Crippen LogP contribution in [0.2, 0.25) is 5.02 Å². The highest BCUT2D eigenvalue weighted by atomic mass is 35.5. The number of halogens is 1. The monoisotopic (exact) mass is 280 g/mol. The molecule has 0 unspecified atom stereocenters. The molecule has 3 aromatic rings. The van der Waals surface area contributed by atoms with Crippen LogP contribution in [0.3, 0.4) is 0 Å². The van der Waals surface area contributed by atoms with Crippen LogP contribution in [0.1, 0.15) is 11.3 Å². The lowest BCUT2D eigenvalue weighted by Crippen LogP contribution is -1.97. The van der Waals surface area contributed by atoms with Crippen molar-refractivity contribution in [3.63, 3.8) is 0 Å². The Hall–Kier alpha value is -2.32. The highest BCUT2D eigenvalue weighted by Crippen LogP contribution is 2.22. The fourth-order valence-corrected chi connectivity index (χ4v) is 2.34. The summed E-state index contributed by atoms with van der Waals surface area (Å²) in [5.41, 5.74) is 9.31. The Labute approximate surface area is 122 Å². The molecule has 0 fully saturated rings. The van der Waals surface area contributed by atoms with Crippen molar-refractivity contribution in [2.24, 2.45) is 5.73 Å². The van der Waals surface area contributed by atoms with Crippen LogP contribution in [0.4, 0.5) is 0 Å². The molecule has 3 rings (SSSR count). The second-order valence-electron chi connectivity index (χ2n) is 4.51. The van der Waals surface area contributed by atoms with Crippen molar-refractivity contribution in [3.05, 3.63) is 76.9 Å². The molecule has 0 aliphatic heterocycles. The van der Waals surface area contributed by atoms with Gasteiger partial charge in [-0.05, 0) is 24.3 Å². The average molecular weight is 281 g/mol. The normalized spacial score (nSPS) is 11.8. The van der Waals surface area contributed by atoms with Crippen LogP contribution in [-0.4, -0.2) is 4.98 Å². The van der Waals surface area contributed by atoms with Gasteiger partial charge in [-0.2, -0.15) is 0 Å². The average Bonchev–Trinajstić information content (AvgIpc) is 2.47. The molecular weight excluding hydrogens is 268 g/mol. The van der Waals surface area contributed by atoms with Crippen LogP contribution in [0.15, 0.2) is 60.7 Å². The number of aromatic nitrogens is 1. The minimum Gasteiger partial charge on any atom is -0.398 e. The van der Waals surface area contributed by atoms with Crippen molar-refractivity contribution in [3.8, 4) is 0 Å². The molecule has 1 aromatic heterocycles. The zero-order valence-corrected chi connectivity index (χ0v) is 11.5. The number of rotatable bonds is 2. The lowest BCUT2D eigenvalue weighted by atomic mass is 10.1. The summed E-state index contributed by atoms with van der Waals surface area (Å²) in [4.78, 5) is 4.57. The molecule has 2 aromatic carbocycles. The van der Waals surface area contributed by atoms with Gasteiger partial charge >= 0.3 is 0 Å². The molecule has 0 atom stereocenters. The highest BCUT2D eigenvalue weighted by Gasteiger charge is 2.03. The Balaban J connectivity index is 2.03. The van der Waals surface area contributed by atoms with Gasteiger partial charge in [0.15, 0.2) is 0 Å². The van der Waals surface area contributed by atoms with Crippen molar-refractivity contribution in [1.82, 2.24) is 4.98 Å². The molecule has 1 heterocycles. The molecule has 2 N–H and O–H groups in total. The largest absolute Gasteiger partial charge is 0.398 e. The fourth-order valence-electron chi connectivity index (χ4n) is 2.09. The SMILES string of the molecule is NC(=Cc1ccc2ccccc2n1)c1ccccc1Cl. The van der Waals surface area contributed by atoms with Gasteiger partial charge in [0.2, 0.25) is 0 Å². The topological polar surface area (TPSA) is 38.9 Å². The van der Waals surface area contributed by atoms with E-state index in [-0.39, 0.29) is 0 Å². The van der Waals surface area contributed by atoms with Crippen LogP contribution < -0.4 is 5.73 Å². The lowest BCUT2D eigenvalue weighted by Gasteiger charge is -2.05. The Kier molecular flexibility index (Phi) is 3.40. The third-order valence-electron chi connectivity index (χ3n) is 3.11. The van der Waals surface area contributed by atoms with E-state index in [1.807, 2.05) is 66.7 Å². The maximum absolute atomic E-state index is 6.14. The maximum Gasteiger partial charge on any atom is 0.0709 e. The van der Waals surface area contributed by atoms with E-state index in [4.69, 9.17) is 17.3 Å².